The molecule has 2 rings (SSSR count). The van der Waals surface area contributed by atoms with Crippen LogP contribution in [0.25, 0.3) is 0 Å². The summed E-state index contributed by atoms with van der Waals surface area (Å²) in [4.78, 5) is 30.1. The second kappa shape index (κ2) is 10.7. The average Bonchev–Trinajstić information content (AvgIpc) is 3.14. The number of carbonyl (C=O) groups is 2. The van der Waals surface area contributed by atoms with E-state index in [-0.39, 0.29) is 24.2 Å². The number of hydrogen-bond acceptors (Lipinski definition) is 7. The zero-order valence-electron chi connectivity index (χ0n) is 21.7. The maximum absolute atomic E-state index is 12.9. The first-order valence-corrected chi connectivity index (χ1v) is 15.4. The average molecular weight is 511 g/mol. The number of aliphatic imine (C=N–C) groups is 1. The van der Waals surface area contributed by atoms with Gasteiger partial charge in [-0.15, -0.1) is 0 Å². The van der Waals surface area contributed by atoms with Crippen molar-refractivity contribution in [3.05, 3.63) is 29.8 Å². The van der Waals surface area contributed by atoms with Crippen molar-refractivity contribution < 1.29 is 28.6 Å². The molecule has 1 aliphatic rings. The van der Waals surface area contributed by atoms with Crippen LogP contribution in [0.2, 0.25) is 18.1 Å². The number of carboxylic acid groups (broad SMARTS) is 1. The van der Waals surface area contributed by atoms with Gasteiger partial charge in [0.25, 0.3) is 0 Å². The van der Waals surface area contributed by atoms with E-state index in [0.717, 1.165) is 5.56 Å². The van der Waals surface area contributed by atoms with Gasteiger partial charge in [-0.1, -0.05) is 44.7 Å². The van der Waals surface area contributed by atoms with Gasteiger partial charge in [-0.3, -0.25) is 9.89 Å². The van der Waals surface area contributed by atoms with Crippen molar-refractivity contribution in [1.82, 2.24) is 4.90 Å². The second-order valence-corrected chi connectivity index (χ2v) is 16.3. The van der Waals surface area contributed by atoms with E-state index in [4.69, 9.17) is 13.9 Å². The van der Waals surface area contributed by atoms with Crippen LogP contribution in [0.15, 0.2) is 29.3 Å². The molecule has 8 nitrogen and oxygen atoms in total. The third kappa shape index (κ3) is 7.48. The molecule has 1 aromatic rings. The molecule has 0 aromatic heterocycles. The first kappa shape index (κ1) is 28.2. The Kier molecular flexibility index (Phi) is 8.87. The molecule has 1 N–H and O–H groups in total. The number of thioether (sulfide) groups is 1. The first-order valence-electron chi connectivity index (χ1n) is 11.3. The van der Waals surface area contributed by atoms with Crippen molar-refractivity contribution in [2.24, 2.45) is 4.99 Å². The molecule has 0 bridgehead atoms. The van der Waals surface area contributed by atoms with E-state index >= 15 is 0 Å². The van der Waals surface area contributed by atoms with Crippen LogP contribution in [0.1, 0.15) is 53.1 Å². The highest BCUT2D eigenvalue weighted by atomic mass is 32.2. The van der Waals surface area contributed by atoms with Crippen LogP contribution >= 0.6 is 11.8 Å². The van der Waals surface area contributed by atoms with Gasteiger partial charge in [-0.2, -0.15) is 0 Å². The Morgan fingerprint density at radius 3 is 2.21 bits per heavy atom. The Morgan fingerprint density at radius 1 is 1.18 bits per heavy atom. The van der Waals surface area contributed by atoms with Crippen LogP contribution in [-0.2, 0) is 14.0 Å². The minimum absolute atomic E-state index is 0.0335. The lowest BCUT2D eigenvalue weighted by Gasteiger charge is -2.39. The number of carbonyl (C=O) groups excluding carboxylic acids is 1. The van der Waals surface area contributed by atoms with Crippen molar-refractivity contribution >= 4 is 37.3 Å². The molecule has 1 amide bonds. The number of amides is 1. The molecule has 0 saturated carbocycles. The molecule has 0 fully saturated rings. The quantitative estimate of drug-likeness (QED) is 0.379. The predicted molar refractivity (Wildman–Crippen MR) is 138 cm³/mol. The predicted octanol–water partition coefficient (Wildman–Crippen LogP) is 5.55. The highest BCUT2D eigenvalue weighted by Gasteiger charge is 2.42. The van der Waals surface area contributed by atoms with Crippen LogP contribution in [0.3, 0.4) is 0 Å². The molecule has 1 heterocycles. The number of nitrogens with zero attached hydrogens (tertiary/aromatic N) is 2. The van der Waals surface area contributed by atoms with E-state index in [1.165, 1.54) is 16.7 Å². The van der Waals surface area contributed by atoms with Crippen molar-refractivity contribution in [2.45, 2.75) is 77.4 Å². The van der Waals surface area contributed by atoms with Crippen LogP contribution in [0.5, 0.6) is 5.75 Å². The second-order valence-electron chi connectivity index (χ2n) is 10.8. The lowest BCUT2D eigenvalue weighted by molar-refractivity contribution is -0.165. The number of rotatable bonds is 7. The minimum Gasteiger partial charge on any atom is -0.490 e. The Morgan fingerprint density at radius 2 is 1.76 bits per heavy atom. The van der Waals surface area contributed by atoms with Crippen molar-refractivity contribution in [3.8, 4) is 5.75 Å². The van der Waals surface area contributed by atoms with Crippen molar-refractivity contribution in [2.75, 3.05) is 19.4 Å². The summed E-state index contributed by atoms with van der Waals surface area (Å²) in [6.07, 6.45) is -0.0425. The van der Waals surface area contributed by atoms with Gasteiger partial charge >= 0.3 is 12.1 Å². The van der Waals surface area contributed by atoms with E-state index in [1.807, 2.05) is 32.9 Å². The van der Waals surface area contributed by atoms with Gasteiger partial charge in [-0.05, 0) is 62.9 Å². The van der Waals surface area contributed by atoms with E-state index < -0.39 is 32.1 Å². The fourth-order valence-corrected chi connectivity index (χ4v) is 4.84. The van der Waals surface area contributed by atoms with Gasteiger partial charge in [0.1, 0.15) is 18.0 Å². The van der Waals surface area contributed by atoms with Gasteiger partial charge in [-0.25, -0.2) is 9.59 Å². The van der Waals surface area contributed by atoms with E-state index in [9.17, 15) is 14.7 Å². The Labute approximate surface area is 208 Å². The Balaban J connectivity index is 2.12. The van der Waals surface area contributed by atoms with Crippen LogP contribution < -0.4 is 4.74 Å². The Hall–Kier alpha value is -2.04. The molecule has 190 valence electrons. The summed E-state index contributed by atoms with van der Waals surface area (Å²) in [5.41, 5.74) is 0.263. The number of amidine groups is 1. The highest BCUT2D eigenvalue weighted by molar-refractivity contribution is 8.13. The summed E-state index contributed by atoms with van der Waals surface area (Å²) in [6.45, 7) is 16.3. The summed E-state index contributed by atoms with van der Waals surface area (Å²) < 4.78 is 17.9. The van der Waals surface area contributed by atoms with Crippen LogP contribution in [-0.4, -0.2) is 66.7 Å². The summed E-state index contributed by atoms with van der Waals surface area (Å²) in [6, 6.07) is 7.06. The third-order valence-corrected chi connectivity index (χ3v) is 11.0. The number of hydrogen-bond donors (Lipinski definition) is 1. The van der Waals surface area contributed by atoms with Gasteiger partial charge in [0.2, 0.25) is 0 Å². The summed E-state index contributed by atoms with van der Waals surface area (Å²) in [7, 11) is -2.25. The van der Waals surface area contributed by atoms with Crippen molar-refractivity contribution in [3.63, 3.8) is 0 Å². The first-order chi connectivity index (χ1) is 15.5. The Bertz CT molecular complexity index is 906. The minimum atomic E-state index is -2.25. The largest absolute Gasteiger partial charge is 0.490 e. The summed E-state index contributed by atoms with van der Waals surface area (Å²) in [5, 5.41) is 9.77. The van der Waals surface area contributed by atoms with Gasteiger partial charge in [0.15, 0.2) is 19.6 Å². The molecule has 0 aliphatic carbocycles. The maximum atomic E-state index is 12.9. The lowest BCUT2D eigenvalue weighted by atomic mass is 10.1. The maximum Gasteiger partial charge on any atom is 0.413 e. The lowest BCUT2D eigenvalue weighted by Crippen LogP contribution is -2.49. The topological polar surface area (TPSA) is 97.7 Å². The van der Waals surface area contributed by atoms with Crippen LogP contribution in [0.4, 0.5) is 4.79 Å². The van der Waals surface area contributed by atoms with Crippen molar-refractivity contribution in [1.29, 1.82) is 0 Å². The van der Waals surface area contributed by atoms with Gasteiger partial charge in [0.05, 0.1) is 12.6 Å². The zero-order valence-corrected chi connectivity index (χ0v) is 23.5. The smallest absolute Gasteiger partial charge is 0.413 e. The molecular weight excluding hydrogens is 472 g/mol. The molecule has 10 heteroatoms. The normalized spacial score (nSPS) is 17.9. The number of esters is 1. The molecule has 34 heavy (non-hydrogen) atoms. The fourth-order valence-electron chi connectivity index (χ4n) is 3.01. The third-order valence-electron chi connectivity index (χ3n) is 5.85. The number of benzene rings is 1. The molecule has 1 aromatic carbocycles. The van der Waals surface area contributed by atoms with E-state index in [1.54, 1.807) is 18.4 Å². The van der Waals surface area contributed by atoms with E-state index in [0.29, 0.717) is 10.9 Å². The van der Waals surface area contributed by atoms with E-state index in [2.05, 4.69) is 38.9 Å². The fraction of sp³-hybridized carbons (Fsp3) is 0.625. The summed E-state index contributed by atoms with van der Waals surface area (Å²) in [5.74, 6) is 0.144. The highest BCUT2D eigenvalue weighted by Crippen LogP contribution is 2.37. The molecular formula is C24H38N2O6SSi. The molecule has 0 spiro atoms. The molecule has 2 unspecified atom stereocenters. The standard InChI is InChI=1S/C24H38N2O6SSi/c1-23(2,3)31-20(27)19(32-34(8,9)24(4,5)6)15-30-17-12-10-16(11-13-17)18-14-26(22(28)29)21(25-18)33-7/h10-13,18-19H,14-15H2,1-9H3,(H,28,29). The molecule has 0 radical (unpaired) electrons. The van der Waals surface area contributed by atoms with Crippen LogP contribution in [0, 0.1) is 0 Å². The van der Waals surface area contributed by atoms with Gasteiger partial charge < -0.3 is 19.0 Å². The molecule has 2 atom stereocenters. The van der Waals surface area contributed by atoms with Gasteiger partial charge in [0, 0.05) is 0 Å². The SMILES string of the molecule is CSC1=NC(c2ccc(OCC(O[Si](C)(C)C(C)(C)C)C(=O)OC(C)(C)C)cc2)CN1C(=O)O. The zero-order chi connectivity index (χ0) is 25.9. The monoisotopic (exact) mass is 510 g/mol. The summed E-state index contributed by atoms with van der Waals surface area (Å²) >= 11 is 1.31. The number of ether oxygens (including phenoxy) is 2. The molecule has 1 aliphatic heterocycles. The molecule has 0 saturated heterocycles.